The van der Waals surface area contributed by atoms with Crippen molar-refractivity contribution in [2.24, 2.45) is 11.8 Å². The molecule has 36 heavy (non-hydrogen) atoms. The number of methoxy groups -OCH3 is 1. The molecule has 0 aromatic carbocycles. The number of hydrogen-bond acceptors (Lipinski definition) is 8. The van der Waals surface area contributed by atoms with Crippen LogP contribution in [-0.4, -0.2) is 30.7 Å². The van der Waals surface area contributed by atoms with Crippen molar-refractivity contribution in [2.45, 2.75) is 65.9 Å². The predicted octanol–water partition coefficient (Wildman–Crippen LogP) is 5.78. The third-order valence-electron chi connectivity index (χ3n) is 6.05. The molecule has 2 aromatic heterocycles. The van der Waals surface area contributed by atoms with Gasteiger partial charge in [-0.15, -0.1) is 11.3 Å². The molecule has 0 bridgehead atoms. The molecular weight excluding hydrogens is 482 g/mol. The smallest absolute Gasteiger partial charge is 0.410 e. The van der Waals surface area contributed by atoms with Gasteiger partial charge in [0.1, 0.15) is 17.1 Å². The average molecular weight is 520 g/mol. The fourth-order valence-electron chi connectivity index (χ4n) is 3.63. The Bertz CT molecular complexity index is 1090. The quantitative estimate of drug-likeness (QED) is 0.240. The van der Waals surface area contributed by atoms with E-state index in [2.05, 4.69) is 17.0 Å². The van der Waals surface area contributed by atoms with Gasteiger partial charge in [0, 0.05) is 40.5 Å². The van der Waals surface area contributed by atoms with E-state index < -0.39 is 23.4 Å². The van der Waals surface area contributed by atoms with Gasteiger partial charge in [-0.1, -0.05) is 33.8 Å². The maximum atomic E-state index is 13.1. The Labute approximate surface area is 216 Å². The minimum absolute atomic E-state index is 0.0386. The van der Waals surface area contributed by atoms with E-state index in [1.807, 2.05) is 26.0 Å². The zero-order valence-electron chi connectivity index (χ0n) is 21.7. The SMILES string of the molecule is CCCOCc1ccc(CC(C)C(C)C(=O)c2c(O)cc(C(C)CC/C=C/NC(=O)OC)oc2=O)s1. The molecule has 0 spiro atoms. The number of alkyl carbamates (subject to hydrolysis) is 1. The minimum atomic E-state index is -0.824. The number of amides is 1. The zero-order valence-corrected chi connectivity index (χ0v) is 22.5. The summed E-state index contributed by atoms with van der Waals surface area (Å²) in [5, 5.41) is 13.0. The summed E-state index contributed by atoms with van der Waals surface area (Å²) in [4.78, 5) is 39.1. The summed E-state index contributed by atoms with van der Waals surface area (Å²) < 4.78 is 15.5. The third-order valence-corrected chi connectivity index (χ3v) is 7.13. The molecule has 0 aliphatic heterocycles. The maximum absolute atomic E-state index is 13.1. The number of hydrogen-bond donors (Lipinski definition) is 2. The Kier molecular flexibility index (Phi) is 11.9. The van der Waals surface area contributed by atoms with Crippen molar-refractivity contribution in [3.05, 3.63) is 62.0 Å². The van der Waals surface area contributed by atoms with Crippen molar-refractivity contribution in [3.8, 4) is 5.75 Å². The first kappa shape index (κ1) is 29.3. The number of ketones is 1. The number of carbonyl (C=O) groups excluding carboxylic acids is 2. The van der Waals surface area contributed by atoms with Gasteiger partial charge in [-0.05, 0) is 43.7 Å². The van der Waals surface area contributed by atoms with Gasteiger partial charge < -0.3 is 19.0 Å². The van der Waals surface area contributed by atoms with Crippen molar-refractivity contribution >= 4 is 23.2 Å². The van der Waals surface area contributed by atoms with Gasteiger partial charge in [-0.25, -0.2) is 9.59 Å². The standard InChI is InChI=1S/C27H37NO7S/c1-6-13-34-16-21-11-10-20(36-21)14-18(3)19(4)25(30)24-22(29)15-23(35-26(24)31)17(2)9-7-8-12-28-27(32)33-5/h8,10-12,15,17-19,29H,6-7,9,13-14,16H2,1-5H3,(H,28,32)/b12-8+. The van der Waals surface area contributed by atoms with Gasteiger partial charge in [0.15, 0.2) is 5.78 Å². The molecule has 0 aliphatic carbocycles. The lowest BCUT2D eigenvalue weighted by Gasteiger charge is -2.18. The summed E-state index contributed by atoms with van der Waals surface area (Å²) in [6.45, 7) is 8.98. The van der Waals surface area contributed by atoms with Crippen LogP contribution in [0.15, 0.2) is 39.7 Å². The van der Waals surface area contributed by atoms with Crippen LogP contribution in [0.25, 0.3) is 0 Å². The lowest BCUT2D eigenvalue weighted by molar-refractivity contribution is 0.0885. The van der Waals surface area contributed by atoms with Crippen LogP contribution in [-0.2, 0) is 22.5 Å². The number of rotatable bonds is 14. The molecule has 198 valence electrons. The molecule has 2 N–H and O–H groups in total. The second kappa shape index (κ2) is 14.6. The number of nitrogens with one attached hydrogen (secondary N) is 1. The van der Waals surface area contributed by atoms with E-state index in [-0.39, 0.29) is 23.1 Å². The van der Waals surface area contributed by atoms with Crippen LogP contribution in [0.4, 0.5) is 4.79 Å². The van der Waals surface area contributed by atoms with E-state index >= 15 is 0 Å². The molecule has 9 heteroatoms. The topological polar surface area (TPSA) is 115 Å². The second-order valence-electron chi connectivity index (χ2n) is 8.97. The van der Waals surface area contributed by atoms with Gasteiger partial charge in [-0.3, -0.25) is 10.1 Å². The van der Waals surface area contributed by atoms with E-state index in [4.69, 9.17) is 9.15 Å². The van der Waals surface area contributed by atoms with Crippen molar-refractivity contribution in [2.75, 3.05) is 13.7 Å². The summed E-state index contributed by atoms with van der Waals surface area (Å²) in [5.41, 5.74) is -1.12. The first-order chi connectivity index (χ1) is 17.2. The Morgan fingerprint density at radius 3 is 2.61 bits per heavy atom. The summed E-state index contributed by atoms with van der Waals surface area (Å²) in [6.07, 6.45) is 5.54. The van der Waals surface area contributed by atoms with Gasteiger partial charge in [0.25, 0.3) is 0 Å². The molecule has 0 saturated carbocycles. The summed E-state index contributed by atoms with van der Waals surface area (Å²) in [7, 11) is 1.28. The van der Waals surface area contributed by atoms with Crippen LogP contribution in [0.2, 0.25) is 0 Å². The second-order valence-corrected chi connectivity index (χ2v) is 10.2. The molecule has 0 aliphatic rings. The highest BCUT2D eigenvalue weighted by Crippen LogP contribution is 2.29. The summed E-state index contributed by atoms with van der Waals surface area (Å²) in [6, 6.07) is 5.45. The first-order valence-corrected chi connectivity index (χ1v) is 13.1. The number of carbonyl (C=O) groups is 2. The largest absolute Gasteiger partial charge is 0.507 e. The molecule has 2 heterocycles. The van der Waals surface area contributed by atoms with E-state index in [9.17, 15) is 19.5 Å². The lowest BCUT2D eigenvalue weighted by Crippen LogP contribution is -2.26. The van der Waals surface area contributed by atoms with Gasteiger partial charge >= 0.3 is 11.7 Å². The molecule has 0 radical (unpaired) electrons. The van der Waals surface area contributed by atoms with Crippen LogP contribution >= 0.6 is 11.3 Å². The Morgan fingerprint density at radius 2 is 1.94 bits per heavy atom. The molecule has 8 nitrogen and oxygen atoms in total. The number of Topliss-reactive ketones (excluding diaryl/α,β-unsaturated/α-hetero) is 1. The van der Waals surface area contributed by atoms with E-state index in [1.165, 1.54) is 19.4 Å². The van der Waals surface area contributed by atoms with Gasteiger partial charge in [-0.2, -0.15) is 0 Å². The Morgan fingerprint density at radius 1 is 1.22 bits per heavy atom. The number of thiophene rings is 1. The van der Waals surface area contributed by atoms with Crippen molar-refractivity contribution in [1.82, 2.24) is 5.32 Å². The van der Waals surface area contributed by atoms with E-state index in [1.54, 1.807) is 24.3 Å². The van der Waals surface area contributed by atoms with E-state index in [0.29, 0.717) is 31.6 Å². The maximum Gasteiger partial charge on any atom is 0.410 e. The van der Waals surface area contributed by atoms with Crippen molar-refractivity contribution < 1.29 is 28.6 Å². The monoisotopic (exact) mass is 519 g/mol. The summed E-state index contributed by atoms with van der Waals surface area (Å²) in [5.74, 6) is -1.17. The average Bonchev–Trinajstić information content (AvgIpc) is 3.29. The first-order valence-electron chi connectivity index (χ1n) is 12.2. The highest BCUT2D eigenvalue weighted by molar-refractivity contribution is 7.11. The van der Waals surface area contributed by atoms with Gasteiger partial charge in [0.2, 0.25) is 0 Å². The fourth-order valence-corrected chi connectivity index (χ4v) is 4.73. The summed E-state index contributed by atoms with van der Waals surface area (Å²) >= 11 is 1.66. The third kappa shape index (κ3) is 8.64. The van der Waals surface area contributed by atoms with E-state index in [0.717, 1.165) is 22.8 Å². The molecule has 2 aromatic rings. The molecule has 2 rings (SSSR count). The number of aromatic hydroxyl groups is 1. The zero-order chi connectivity index (χ0) is 26.7. The molecule has 3 atom stereocenters. The van der Waals surface area contributed by atoms with Crippen molar-refractivity contribution in [1.29, 1.82) is 0 Å². The van der Waals surface area contributed by atoms with Crippen LogP contribution in [0.5, 0.6) is 5.75 Å². The van der Waals surface area contributed by atoms with Gasteiger partial charge in [0.05, 0.1) is 13.7 Å². The predicted molar refractivity (Wildman–Crippen MR) is 140 cm³/mol. The molecule has 0 saturated heterocycles. The molecule has 1 amide bonds. The van der Waals surface area contributed by atoms with Crippen LogP contribution in [0, 0.1) is 11.8 Å². The highest BCUT2D eigenvalue weighted by Gasteiger charge is 2.28. The van der Waals surface area contributed by atoms with Crippen molar-refractivity contribution in [3.63, 3.8) is 0 Å². The van der Waals surface area contributed by atoms with Crippen LogP contribution < -0.4 is 10.9 Å². The Balaban J connectivity index is 2.00. The normalized spacial score (nSPS) is 13.9. The van der Waals surface area contributed by atoms with Crippen LogP contribution in [0.3, 0.4) is 0 Å². The minimum Gasteiger partial charge on any atom is -0.507 e. The molecule has 3 unspecified atom stereocenters. The number of allylic oxidation sites excluding steroid dienone is 1. The van der Waals surface area contributed by atoms with Crippen LogP contribution in [0.1, 0.15) is 78.7 Å². The lowest BCUT2D eigenvalue weighted by atomic mass is 9.86. The molecular formula is C27H37NO7S. The highest BCUT2D eigenvalue weighted by atomic mass is 32.1. The molecule has 0 fully saturated rings. The fraction of sp³-hybridized carbons (Fsp3) is 0.519. The Hall–Kier alpha value is -2.91. The number of ether oxygens (including phenoxy) is 2.